The Morgan fingerprint density at radius 1 is 1.25 bits per heavy atom. The summed E-state index contributed by atoms with van der Waals surface area (Å²) >= 11 is 0. The number of aromatic nitrogens is 5. The van der Waals surface area contributed by atoms with Crippen LogP contribution in [0.5, 0.6) is 0 Å². The zero-order valence-electron chi connectivity index (χ0n) is 19.2. The van der Waals surface area contributed by atoms with Crippen LogP contribution in [0.3, 0.4) is 0 Å². The van der Waals surface area contributed by atoms with E-state index >= 15 is 0 Å². The van der Waals surface area contributed by atoms with Crippen LogP contribution in [0, 0.1) is 11.3 Å². The molecule has 12 nitrogen and oxygen atoms in total. The van der Waals surface area contributed by atoms with Gasteiger partial charge in [-0.15, -0.1) is 0 Å². The number of sulfonamides is 1. The second-order valence-electron chi connectivity index (χ2n) is 8.54. The van der Waals surface area contributed by atoms with Crippen LogP contribution >= 0.6 is 0 Å². The lowest BCUT2D eigenvalue weighted by molar-refractivity contribution is 0.0697. The lowest BCUT2D eigenvalue weighted by Crippen LogP contribution is -2.64. The van der Waals surface area contributed by atoms with Gasteiger partial charge in [-0.2, -0.15) is 19.6 Å². The van der Waals surface area contributed by atoms with Crippen molar-refractivity contribution in [2.45, 2.75) is 18.9 Å². The first-order valence-corrected chi connectivity index (χ1v) is 12.7. The first-order chi connectivity index (χ1) is 17.2. The molecule has 4 aromatic rings. The van der Waals surface area contributed by atoms with Crippen LogP contribution < -0.4 is 5.32 Å². The highest BCUT2D eigenvalue weighted by atomic mass is 32.2. The number of nitrogens with one attached hydrogen (secondary N) is 2. The number of anilines is 2. The van der Waals surface area contributed by atoms with Crippen LogP contribution in [0.4, 0.5) is 11.6 Å². The number of carbonyl (C=O) groups is 1. The van der Waals surface area contributed by atoms with Crippen molar-refractivity contribution in [3.05, 3.63) is 54.5 Å². The molecule has 0 radical (unpaired) electrons. The van der Waals surface area contributed by atoms with Crippen molar-refractivity contribution in [2.24, 2.45) is 0 Å². The number of H-pyrrole nitrogens is 1. The molecule has 1 aromatic carbocycles. The highest BCUT2D eigenvalue weighted by Crippen LogP contribution is 2.36. The van der Waals surface area contributed by atoms with Gasteiger partial charge in [-0.05, 0) is 37.3 Å². The predicted molar refractivity (Wildman–Crippen MR) is 131 cm³/mol. The quantitative estimate of drug-likeness (QED) is 0.325. The normalized spacial score (nSPS) is 15.3. The van der Waals surface area contributed by atoms with Crippen molar-refractivity contribution in [1.82, 2.24) is 29.0 Å². The number of carboxylic acid groups (broad SMARTS) is 1. The third kappa shape index (κ3) is 4.06. The summed E-state index contributed by atoms with van der Waals surface area (Å²) in [6, 6.07) is 10.2. The van der Waals surface area contributed by atoms with Crippen LogP contribution in [0.2, 0.25) is 0 Å². The number of hydrogen-bond donors (Lipinski definition) is 3. The van der Waals surface area contributed by atoms with E-state index in [1.165, 1.54) is 16.4 Å². The number of carboxylic acids is 1. The average molecular weight is 507 g/mol. The number of aromatic amines is 1. The Morgan fingerprint density at radius 2 is 2.00 bits per heavy atom. The van der Waals surface area contributed by atoms with Gasteiger partial charge in [0.1, 0.15) is 11.2 Å². The van der Waals surface area contributed by atoms with Crippen LogP contribution in [0.1, 0.15) is 23.7 Å². The molecule has 0 unspecified atom stereocenters. The van der Waals surface area contributed by atoms with E-state index in [1.54, 1.807) is 42.3 Å². The summed E-state index contributed by atoms with van der Waals surface area (Å²) in [5, 5.41) is 26.8. The Balaban J connectivity index is 1.47. The molecule has 4 heterocycles. The van der Waals surface area contributed by atoms with Crippen molar-refractivity contribution in [1.29, 1.82) is 5.26 Å². The molecular weight excluding hydrogens is 484 g/mol. The Labute approximate surface area is 206 Å². The maximum atomic E-state index is 12.2. The molecule has 0 saturated carbocycles. The van der Waals surface area contributed by atoms with E-state index in [0.717, 1.165) is 5.39 Å². The first kappa shape index (κ1) is 23.5. The fraction of sp³-hybridized carbons (Fsp3) is 0.261. The van der Waals surface area contributed by atoms with Crippen LogP contribution in [-0.4, -0.2) is 67.4 Å². The Hall–Kier alpha value is -4.28. The molecule has 0 amide bonds. The topological polar surface area (TPSA) is 170 Å². The van der Waals surface area contributed by atoms with E-state index in [-0.39, 0.29) is 30.8 Å². The maximum Gasteiger partial charge on any atom is 0.335 e. The summed E-state index contributed by atoms with van der Waals surface area (Å²) in [5.74, 6) is -0.714. The third-order valence-electron chi connectivity index (χ3n) is 6.25. The molecule has 5 rings (SSSR count). The molecule has 1 aliphatic rings. The molecule has 13 heteroatoms. The number of aromatic carboxylic acids is 1. The zero-order chi connectivity index (χ0) is 25.5. The largest absolute Gasteiger partial charge is 0.478 e. The molecule has 1 fully saturated rings. The maximum absolute atomic E-state index is 12.2. The number of rotatable bonds is 8. The summed E-state index contributed by atoms with van der Waals surface area (Å²) in [7, 11) is -3.35. The Kier molecular flexibility index (Phi) is 5.70. The molecule has 36 heavy (non-hydrogen) atoms. The van der Waals surface area contributed by atoms with Gasteiger partial charge in [0.2, 0.25) is 16.0 Å². The second-order valence-corrected chi connectivity index (χ2v) is 10.8. The van der Waals surface area contributed by atoms with Gasteiger partial charge in [0.25, 0.3) is 0 Å². The van der Waals surface area contributed by atoms with E-state index in [2.05, 4.69) is 31.4 Å². The van der Waals surface area contributed by atoms with Crippen LogP contribution in [-0.2, 0) is 15.6 Å². The van der Waals surface area contributed by atoms with E-state index < -0.39 is 21.5 Å². The fourth-order valence-electron chi connectivity index (χ4n) is 4.22. The van der Waals surface area contributed by atoms with Gasteiger partial charge in [0.15, 0.2) is 0 Å². The summed E-state index contributed by atoms with van der Waals surface area (Å²) in [6.45, 7) is 1.95. The summed E-state index contributed by atoms with van der Waals surface area (Å²) in [4.78, 5) is 23.3. The highest BCUT2D eigenvalue weighted by molar-refractivity contribution is 7.89. The van der Waals surface area contributed by atoms with Gasteiger partial charge < -0.3 is 15.4 Å². The Bertz CT molecular complexity index is 1600. The number of benzene rings is 1. The van der Waals surface area contributed by atoms with Gasteiger partial charge in [-0.25, -0.2) is 18.2 Å². The molecule has 0 spiro atoms. The van der Waals surface area contributed by atoms with E-state index in [1.807, 2.05) is 6.07 Å². The summed E-state index contributed by atoms with van der Waals surface area (Å²) in [6.07, 6.45) is 5.27. The van der Waals surface area contributed by atoms with Gasteiger partial charge in [-0.3, -0.25) is 4.68 Å². The lowest BCUT2D eigenvalue weighted by atomic mass is 9.89. The molecule has 3 aromatic heterocycles. The molecule has 1 saturated heterocycles. The number of fused-ring (bicyclic) bond motifs is 1. The summed E-state index contributed by atoms with van der Waals surface area (Å²) < 4.78 is 27.5. The molecule has 0 atom stereocenters. The number of nitriles is 1. The third-order valence-corrected chi connectivity index (χ3v) is 8.03. The van der Waals surface area contributed by atoms with Crippen LogP contribution in [0.15, 0.2) is 48.9 Å². The van der Waals surface area contributed by atoms with Crippen molar-refractivity contribution in [2.75, 3.05) is 24.2 Å². The molecule has 1 aliphatic heterocycles. The first-order valence-electron chi connectivity index (χ1n) is 11.1. The van der Waals surface area contributed by atoms with Gasteiger partial charge in [0, 0.05) is 42.1 Å². The summed E-state index contributed by atoms with van der Waals surface area (Å²) in [5.41, 5.74) is 1.91. The van der Waals surface area contributed by atoms with Crippen molar-refractivity contribution in [3.63, 3.8) is 0 Å². The van der Waals surface area contributed by atoms with Crippen molar-refractivity contribution in [3.8, 4) is 17.3 Å². The number of nitrogens with zero attached hydrogens (tertiary/aromatic N) is 6. The van der Waals surface area contributed by atoms with Gasteiger partial charge in [0.05, 0.1) is 35.7 Å². The van der Waals surface area contributed by atoms with Crippen LogP contribution in [0.25, 0.3) is 22.3 Å². The standard InChI is InChI=1S/C23H22N8O4S/c1-2-36(34,35)30-13-23(14-30,8-9-24)31-12-16(11-26-31)19-18-7-10-25-20(18)29-22(28-19)27-17-5-3-15(4-6-17)21(32)33/h3-7,10-12H,2,8,13-14H2,1H3,(H,32,33)(H2,25,27,28,29). The monoisotopic (exact) mass is 506 g/mol. The minimum absolute atomic E-state index is 0.00120. The average Bonchev–Trinajstić information content (AvgIpc) is 3.51. The SMILES string of the molecule is CCS(=O)(=O)N1CC(CC#N)(n2cc(-c3nc(Nc4ccc(C(=O)O)cc4)nc4[nH]ccc34)cn2)C1. The number of hydrogen-bond acceptors (Lipinski definition) is 8. The molecule has 184 valence electrons. The highest BCUT2D eigenvalue weighted by Gasteiger charge is 2.49. The van der Waals surface area contributed by atoms with E-state index in [4.69, 9.17) is 5.11 Å². The molecular formula is C23H22N8O4S. The zero-order valence-corrected chi connectivity index (χ0v) is 20.0. The smallest absolute Gasteiger partial charge is 0.335 e. The van der Waals surface area contributed by atoms with Crippen molar-refractivity contribution >= 4 is 38.7 Å². The van der Waals surface area contributed by atoms with Gasteiger partial charge in [-0.1, -0.05) is 0 Å². The lowest BCUT2D eigenvalue weighted by Gasteiger charge is -2.47. The minimum atomic E-state index is -3.35. The Morgan fingerprint density at radius 3 is 2.67 bits per heavy atom. The fourth-order valence-corrected chi connectivity index (χ4v) is 5.46. The van der Waals surface area contributed by atoms with E-state index in [9.17, 15) is 18.5 Å². The molecule has 3 N–H and O–H groups in total. The molecule has 0 aliphatic carbocycles. The predicted octanol–water partition coefficient (Wildman–Crippen LogP) is 2.54. The molecule has 0 bridgehead atoms. The van der Waals surface area contributed by atoms with Gasteiger partial charge >= 0.3 is 5.97 Å². The van der Waals surface area contributed by atoms with E-state index in [0.29, 0.717) is 28.5 Å². The second kappa shape index (κ2) is 8.74. The minimum Gasteiger partial charge on any atom is -0.478 e. The van der Waals surface area contributed by atoms with Crippen molar-refractivity contribution < 1.29 is 18.3 Å².